The van der Waals surface area contributed by atoms with Gasteiger partial charge in [0.05, 0.1) is 5.41 Å². The fraction of sp³-hybridized carbons (Fsp3) is 0.458. The van der Waals surface area contributed by atoms with Crippen LogP contribution in [0.5, 0.6) is 0 Å². The summed E-state index contributed by atoms with van der Waals surface area (Å²) in [5.41, 5.74) is 3.82. The molecule has 29 heavy (non-hydrogen) atoms. The Balaban J connectivity index is 1.48. The van der Waals surface area contributed by atoms with Crippen LogP contribution in [0.4, 0.5) is 11.4 Å². The fourth-order valence-electron chi connectivity index (χ4n) is 4.51. The highest BCUT2D eigenvalue weighted by Gasteiger charge is 2.45. The van der Waals surface area contributed by atoms with Crippen LogP contribution in [-0.2, 0) is 10.2 Å². The molecule has 1 N–H and O–H groups in total. The summed E-state index contributed by atoms with van der Waals surface area (Å²) < 4.78 is 0. The van der Waals surface area contributed by atoms with Crippen molar-refractivity contribution in [1.82, 2.24) is 4.90 Å². The number of anilines is 2. The third kappa shape index (κ3) is 4.01. The minimum Gasteiger partial charge on any atom is -0.369 e. The van der Waals surface area contributed by atoms with Crippen LogP contribution in [0, 0.1) is 6.92 Å². The highest BCUT2D eigenvalue weighted by Crippen LogP contribution is 2.45. The van der Waals surface area contributed by atoms with Crippen molar-refractivity contribution in [2.45, 2.75) is 38.5 Å². The molecule has 0 atom stereocenters. The number of aryl methyl sites for hydroxylation is 1. The number of hydrogen-bond acceptors (Lipinski definition) is 3. The molecule has 1 amide bonds. The summed E-state index contributed by atoms with van der Waals surface area (Å²) >= 11 is 6.19. The number of benzene rings is 2. The van der Waals surface area contributed by atoms with Gasteiger partial charge in [-0.15, -0.1) is 0 Å². The van der Waals surface area contributed by atoms with E-state index in [1.165, 1.54) is 5.69 Å². The number of carbonyl (C=O) groups excluding carboxylic acids is 1. The number of likely N-dealkylation sites (N-methyl/N-ethyl adjacent to an activating group) is 1. The van der Waals surface area contributed by atoms with Gasteiger partial charge in [-0.3, -0.25) is 4.79 Å². The average Bonchev–Trinajstić information content (AvgIpc) is 2.69. The van der Waals surface area contributed by atoms with Crippen molar-refractivity contribution in [2.24, 2.45) is 0 Å². The number of halogens is 1. The number of piperazine rings is 1. The van der Waals surface area contributed by atoms with Crippen molar-refractivity contribution in [3.63, 3.8) is 0 Å². The van der Waals surface area contributed by atoms with Crippen LogP contribution in [-0.4, -0.2) is 43.5 Å². The molecule has 154 valence electrons. The first-order valence-corrected chi connectivity index (χ1v) is 11.0. The summed E-state index contributed by atoms with van der Waals surface area (Å²) in [6.45, 7) is 9.73. The predicted octanol–water partition coefficient (Wildman–Crippen LogP) is 4.85. The van der Waals surface area contributed by atoms with Crippen molar-refractivity contribution < 1.29 is 4.79 Å². The summed E-state index contributed by atoms with van der Waals surface area (Å²) in [5.74, 6) is 0.0819. The summed E-state index contributed by atoms with van der Waals surface area (Å²) in [5, 5.41) is 3.89. The maximum atomic E-state index is 13.3. The van der Waals surface area contributed by atoms with E-state index >= 15 is 0 Å². The second-order valence-electron chi connectivity index (χ2n) is 8.32. The zero-order valence-corrected chi connectivity index (χ0v) is 18.1. The molecule has 0 bridgehead atoms. The van der Waals surface area contributed by atoms with Crippen LogP contribution < -0.4 is 10.2 Å². The number of amides is 1. The van der Waals surface area contributed by atoms with E-state index in [2.05, 4.69) is 47.2 Å². The molecule has 0 unspecified atom stereocenters. The largest absolute Gasteiger partial charge is 0.369 e. The third-order valence-electron chi connectivity index (χ3n) is 6.66. The van der Waals surface area contributed by atoms with Gasteiger partial charge in [0.15, 0.2) is 0 Å². The molecular weight excluding hydrogens is 382 g/mol. The number of hydrogen-bond donors (Lipinski definition) is 1. The fourth-order valence-corrected chi connectivity index (χ4v) is 4.70. The van der Waals surface area contributed by atoms with Crippen LogP contribution in [0.3, 0.4) is 0 Å². The average molecular weight is 412 g/mol. The van der Waals surface area contributed by atoms with E-state index in [-0.39, 0.29) is 5.91 Å². The standard InChI is InChI=1S/C24H30ClN3O/c1-3-27-12-14-28(15-13-27)21-8-9-22(18(2)16-21)26-23(29)24(10-5-11-24)19-6-4-7-20(25)17-19/h4,6-9,16-17H,3,5,10-15H2,1-2H3,(H,26,29). The Morgan fingerprint density at radius 3 is 2.45 bits per heavy atom. The van der Waals surface area contributed by atoms with E-state index in [0.717, 1.165) is 68.8 Å². The molecule has 2 fully saturated rings. The smallest absolute Gasteiger partial charge is 0.235 e. The van der Waals surface area contributed by atoms with Crippen LogP contribution in [0.1, 0.15) is 37.3 Å². The Hall–Kier alpha value is -2.04. The van der Waals surface area contributed by atoms with Crippen LogP contribution >= 0.6 is 11.6 Å². The summed E-state index contributed by atoms with van der Waals surface area (Å²) in [6.07, 6.45) is 2.82. The van der Waals surface area contributed by atoms with E-state index in [1.54, 1.807) is 0 Å². The zero-order chi connectivity index (χ0) is 20.4. The quantitative estimate of drug-likeness (QED) is 0.763. The minimum atomic E-state index is -0.452. The van der Waals surface area contributed by atoms with Crippen LogP contribution in [0.2, 0.25) is 5.02 Å². The molecule has 2 aromatic carbocycles. The van der Waals surface area contributed by atoms with E-state index in [4.69, 9.17) is 11.6 Å². The van der Waals surface area contributed by atoms with Crippen molar-refractivity contribution in [3.8, 4) is 0 Å². The highest BCUT2D eigenvalue weighted by atomic mass is 35.5. The second kappa shape index (κ2) is 8.37. The first kappa shape index (κ1) is 20.2. The Morgan fingerprint density at radius 2 is 1.86 bits per heavy atom. The third-order valence-corrected chi connectivity index (χ3v) is 6.90. The van der Waals surface area contributed by atoms with Crippen LogP contribution in [0.15, 0.2) is 42.5 Å². The Bertz CT molecular complexity index is 885. The summed E-state index contributed by atoms with van der Waals surface area (Å²) in [6, 6.07) is 14.1. The second-order valence-corrected chi connectivity index (χ2v) is 8.76. The molecule has 1 aliphatic carbocycles. The van der Waals surface area contributed by atoms with Gasteiger partial charge in [-0.2, -0.15) is 0 Å². The summed E-state index contributed by atoms with van der Waals surface area (Å²) in [7, 11) is 0. The van der Waals surface area contributed by atoms with E-state index in [1.807, 2.05) is 24.3 Å². The van der Waals surface area contributed by atoms with E-state index < -0.39 is 5.41 Å². The molecule has 0 radical (unpaired) electrons. The number of rotatable bonds is 5. The van der Waals surface area contributed by atoms with Crippen molar-refractivity contribution in [2.75, 3.05) is 42.9 Å². The molecule has 2 aromatic rings. The van der Waals surface area contributed by atoms with Gasteiger partial charge in [-0.25, -0.2) is 0 Å². The number of nitrogens with one attached hydrogen (secondary N) is 1. The highest BCUT2D eigenvalue weighted by molar-refractivity contribution is 6.30. The predicted molar refractivity (Wildman–Crippen MR) is 121 cm³/mol. The lowest BCUT2D eigenvalue weighted by molar-refractivity contribution is -0.124. The van der Waals surface area contributed by atoms with Crippen molar-refractivity contribution >= 4 is 28.9 Å². The molecule has 5 heteroatoms. The SMILES string of the molecule is CCN1CCN(c2ccc(NC(=O)C3(c4cccc(Cl)c4)CCC3)c(C)c2)CC1. The molecular formula is C24H30ClN3O. The topological polar surface area (TPSA) is 35.6 Å². The van der Waals surface area contributed by atoms with Gasteiger partial charge in [-0.05, 0) is 67.8 Å². The molecule has 0 spiro atoms. The van der Waals surface area contributed by atoms with Gasteiger partial charge in [0.1, 0.15) is 0 Å². The number of carbonyl (C=O) groups is 1. The molecule has 2 aliphatic rings. The molecule has 4 nitrogen and oxygen atoms in total. The van der Waals surface area contributed by atoms with E-state index in [9.17, 15) is 4.79 Å². The maximum absolute atomic E-state index is 13.3. The van der Waals surface area contributed by atoms with Crippen molar-refractivity contribution in [1.29, 1.82) is 0 Å². The summed E-state index contributed by atoms with van der Waals surface area (Å²) in [4.78, 5) is 18.2. The minimum absolute atomic E-state index is 0.0819. The number of nitrogens with zero attached hydrogens (tertiary/aromatic N) is 2. The lowest BCUT2D eigenvalue weighted by Crippen LogP contribution is -2.46. The van der Waals surface area contributed by atoms with Crippen molar-refractivity contribution in [3.05, 3.63) is 58.6 Å². The Kier molecular flexibility index (Phi) is 5.84. The Morgan fingerprint density at radius 1 is 1.10 bits per heavy atom. The normalized spacial score (nSPS) is 18.9. The molecule has 1 saturated carbocycles. The van der Waals surface area contributed by atoms with Gasteiger partial charge >= 0.3 is 0 Å². The lowest BCUT2D eigenvalue weighted by Gasteiger charge is -2.41. The Labute approximate surface area is 178 Å². The maximum Gasteiger partial charge on any atom is 0.235 e. The van der Waals surface area contributed by atoms with Gasteiger partial charge in [0.2, 0.25) is 5.91 Å². The van der Waals surface area contributed by atoms with Gasteiger partial charge in [-0.1, -0.05) is 37.1 Å². The van der Waals surface area contributed by atoms with Gasteiger partial charge in [0.25, 0.3) is 0 Å². The molecule has 1 heterocycles. The first-order valence-electron chi connectivity index (χ1n) is 10.7. The molecule has 1 aliphatic heterocycles. The van der Waals surface area contributed by atoms with Gasteiger partial charge < -0.3 is 15.1 Å². The lowest BCUT2D eigenvalue weighted by atomic mass is 9.63. The molecule has 0 aromatic heterocycles. The van der Waals surface area contributed by atoms with E-state index in [0.29, 0.717) is 5.02 Å². The molecule has 4 rings (SSSR count). The van der Waals surface area contributed by atoms with Crippen LogP contribution in [0.25, 0.3) is 0 Å². The van der Waals surface area contributed by atoms with Gasteiger partial charge in [0, 0.05) is 42.6 Å². The first-order chi connectivity index (χ1) is 14.0. The zero-order valence-electron chi connectivity index (χ0n) is 17.4. The monoisotopic (exact) mass is 411 g/mol. The molecule has 1 saturated heterocycles.